The van der Waals surface area contributed by atoms with Crippen molar-refractivity contribution in [1.82, 2.24) is 0 Å². The molecule has 0 unspecified atom stereocenters. The van der Waals surface area contributed by atoms with Gasteiger partial charge in [-0.3, -0.25) is 0 Å². The third-order valence-corrected chi connectivity index (χ3v) is 32.7. The van der Waals surface area contributed by atoms with E-state index in [0.29, 0.717) is 0 Å². The third-order valence-electron chi connectivity index (χ3n) is 32.7. The highest BCUT2D eigenvalue weighted by atomic mass is 16.7. The molecule has 10 aliphatic rings. The number of para-hydroxylation sites is 1. The molecule has 0 amide bonds. The first-order valence-electron chi connectivity index (χ1n) is 47.0. The molecule has 8 aliphatic carbocycles. The van der Waals surface area contributed by atoms with Crippen LogP contribution in [-0.2, 0) is 64.7 Å². The van der Waals surface area contributed by atoms with Crippen LogP contribution in [0.4, 0.5) is 0 Å². The predicted octanol–water partition coefficient (Wildman–Crippen LogP) is 33.2. The van der Waals surface area contributed by atoms with Crippen molar-refractivity contribution in [2.75, 3.05) is 0 Å². The number of benzene rings is 15. The topological polar surface area (TPSA) is 27.7 Å². The van der Waals surface area contributed by atoms with Gasteiger partial charge in [0, 0.05) is 62.9 Å². The molecule has 15 aromatic carbocycles. The van der Waals surface area contributed by atoms with Gasteiger partial charge in [0.1, 0.15) is 11.5 Å². The summed E-state index contributed by atoms with van der Waals surface area (Å²) < 4.78 is 19.6. The van der Waals surface area contributed by atoms with Crippen molar-refractivity contribution in [3.05, 3.63) is 403 Å². The Bertz CT molecular complexity index is 7160. The molecule has 3 heteroatoms. The molecule has 0 saturated heterocycles. The second-order valence-corrected chi connectivity index (χ2v) is 44.4. The highest BCUT2D eigenvalue weighted by Gasteiger charge is 2.51. The number of hydrogen-bond donors (Lipinski definition) is 0. The second-order valence-electron chi connectivity index (χ2n) is 44.4. The van der Waals surface area contributed by atoms with Crippen LogP contribution in [0.15, 0.2) is 303 Å². The molecule has 15 aromatic rings. The molecule has 0 atom stereocenters. The molecule has 0 N–H and O–H groups in total. The van der Waals surface area contributed by atoms with Gasteiger partial charge in [0.2, 0.25) is 5.79 Å². The van der Waals surface area contributed by atoms with Crippen LogP contribution in [0, 0.1) is 0 Å². The first-order valence-corrected chi connectivity index (χ1v) is 47.0. The zero-order chi connectivity index (χ0) is 90.6. The Morgan fingerprint density at radius 2 is 0.465 bits per heavy atom. The quantitative estimate of drug-likeness (QED) is 0.151. The van der Waals surface area contributed by atoms with Crippen molar-refractivity contribution in [1.29, 1.82) is 0 Å². The van der Waals surface area contributed by atoms with Crippen LogP contribution in [-0.4, -0.2) is 5.79 Å². The zero-order valence-electron chi connectivity index (χ0n) is 80.1. The molecule has 6 bridgehead atoms. The molecule has 0 spiro atoms. The fourth-order valence-corrected chi connectivity index (χ4v) is 25.3. The van der Waals surface area contributed by atoms with Crippen LogP contribution < -0.4 is 9.47 Å². The van der Waals surface area contributed by atoms with Crippen molar-refractivity contribution in [3.8, 4) is 123 Å². The van der Waals surface area contributed by atoms with Gasteiger partial charge in [-0.05, 0) is 275 Å². The lowest BCUT2D eigenvalue weighted by molar-refractivity contribution is -0.131. The van der Waals surface area contributed by atoms with Gasteiger partial charge >= 0.3 is 0 Å². The second kappa shape index (κ2) is 28.2. The number of rotatable bonds is 0. The molecule has 3 nitrogen and oxygen atoms in total. The van der Waals surface area contributed by atoms with Crippen LogP contribution in [0.2, 0.25) is 0 Å². The summed E-state index contributed by atoms with van der Waals surface area (Å²) in [5.74, 6) is 0.958. The van der Waals surface area contributed by atoms with Gasteiger partial charge in [0.25, 0.3) is 0 Å². The normalized spacial score (nSPS) is 18.6. The average Bonchev–Trinajstić information content (AvgIpc) is 1.54. The number of fused-ring (bicyclic) bond motifs is 22. The van der Waals surface area contributed by atoms with E-state index in [9.17, 15) is 0 Å². The van der Waals surface area contributed by atoms with E-state index in [2.05, 4.69) is 444 Å². The SMILES string of the molecule is CC1(C)OC(C)(C)c2cccc3c2-c2cc(ccc2C3(C)C)-c2ccccc21.CC1(C)Oc2ccccc2-c2ccc3c(c2)-c2c(cccc2C3(C)C)O1.CC1(C)c2ccc3cc2-c2c1cccc2C(C)(C)C(C)(C)c1ccccc1-3.CC1(C)c2ccccc2-c2c1ccc1c2C(C)(C)c2ccccc2-1.CC1(C)c2ccccc2-c2cc3c(cc21)C(C)(C)c1ccccc1-3. The van der Waals surface area contributed by atoms with Crippen LogP contribution in [0.5, 0.6) is 11.5 Å². The van der Waals surface area contributed by atoms with Crippen LogP contribution in [0.3, 0.4) is 0 Å². The Labute approximate surface area is 767 Å². The van der Waals surface area contributed by atoms with Gasteiger partial charge in [-0.25, -0.2) is 0 Å². The van der Waals surface area contributed by atoms with Crippen molar-refractivity contribution < 1.29 is 14.2 Å². The highest BCUT2D eigenvalue weighted by Crippen LogP contribution is 2.64. The van der Waals surface area contributed by atoms with E-state index in [1.807, 2.05) is 26.0 Å². The molecule has 25 rings (SSSR count). The van der Waals surface area contributed by atoms with Crippen molar-refractivity contribution in [2.45, 2.75) is 232 Å². The largest absolute Gasteiger partial charge is 0.452 e. The summed E-state index contributed by atoms with van der Waals surface area (Å²) in [7, 11) is 0. The van der Waals surface area contributed by atoms with E-state index >= 15 is 0 Å². The van der Waals surface area contributed by atoms with E-state index in [1.165, 1.54) is 206 Å². The maximum absolute atomic E-state index is 6.89. The number of ether oxygens (including phenoxy) is 3. The zero-order valence-corrected chi connectivity index (χ0v) is 80.1. The Morgan fingerprint density at radius 3 is 0.977 bits per heavy atom. The lowest BCUT2D eigenvalue weighted by Gasteiger charge is -2.44. The van der Waals surface area contributed by atoms with Crippen molar-refractivity contribution in [3.63, 3.8) is 0 Å². The first-order chi connectivity index (χ1) is 61.0. The Hall–Kier alpha value is -12.1. The fourth-order valence-electron chi connectivity index (χ4n) is 25.3. The van der Waals surface area contributed by atoms with Gasteiger partial charge in [0.05, 0.1) is 11.2 Å². The van der Waals surface area contributed by atoms with Crippen LogP contribution >= 0.6 is 0 Å². The predicted molar refractivity (Wildman–Crippen MR) is 540 cm³/mol. The summed E-state index contributed by atoms with van der Waals surface area (Å²) in [6.45, 7) is 55.4. The van der Waals surface area contributed by atoms with E-state index in [0.717, 1.165) is 17.1 Å². The summed E-state index contributed by atoms with van der Waals surface area (Å²) in [6.07, 6.45) is 0. The third kappa shape index (κ3) is 12.1. The Morgan fingerprint density at radius 1 is 0.163 bits per heavy atom. The molecule has 0 aromatic heterocycles. The van der Waals surface area contributed by atoms with E-state index in [-0.39, 0.29) is 48.7 Å². The summed E-state index contributed by atoms with van der Waals surface area (Å²) in [6, 6.07) is 112. The molecular weight excluding hydrogens is 1560 g/mol. The van der Waals surface area contributed by atoms with Gasteiger partial charge in [-0.1, -0.05) is 392 Å². The average molecular weight is 1680 g/mol. The van der Waals surface area contributed by atoms with Crippen LogP contribution in [0.1, 0.15) is 266 Å². The van der Waals surface area contributed by atoms with E-state index in [4.69, 9.17) is 14.2 Å². The molecule has 2 heterocycles. The summed E-state index contributed by atoms with van der Waals surface area (Å²) >= 11 is 0. The minimum Gasteiger partial charge on any atom is -0.452 e. The van der Waals surface area contributed by atoms with Crippen LogP contribution in [0.25, 0.3) is 111 Å². The van der Waals surface area contributed by atoms with Gasteiger partial charge in [-0.2, -0.15) is 0 Å². The van der Waals surface area contributed by atoms with E-state index in [1.54, 1.807) is 0 Å². The summed E-state index contributed by atoms with van der Waals surface area (Å²) in [4.78, 5) is 0. The molecule has 0 radical (unpaired) electrons. The monoisotopic (exact) mass is 1680 g/mol. The summed E-state index contributed by atoms with van der Waals surface area (Å²) in [5.41, 5.74) is 52.1. The first kappa shape index (κ1) is 83.7. The minimum absolute atomic E-state index is 0.00113. The maximum atomic E-state index is 6.89. The molecular formula is C126H122O3. The molecule has 0 saturated carbocycles. The molecule has 644 valence electrons. The minimum atomic E-state index is -0.769. The standard InChI is InChI=1S/C27H28O.C27H28.C24H22O2.2C24H22/c1-25(2)20-15-14-17-16-19(20)24-22(25)12-9-13-23(24)27(5,6)28-26(3,4)21-11-8-7-10-18(17)21;1-25(2)20-15-14-17-16-19(20)24-22(25)12-9-13-23(24)27(5,6)26(3,4)21-11-8-7-10-18(17)21;1-23(2)18-13-12-15-14-17(18)22-19(23)9-7-11-21(22)26-24(3,4)25-20-10-6-5-8-16(15)20;1-23(2)19-11-7-5-9-15(19)17-13-18-16-10-6-8-12-20(16)24(3,4)22(18)14-21(17)23;1-23(2)19-12-8-6-10-17(19)21-20(23)14-13-16-15-9-5-7-11-18(15)24(3,4)22(16)21/h7-16H,1-6H3;7-16H,1-6H3;5-14H,1-4H3;2*5-14H,1-4H3. The Balaban J connectivity index is 0.0000000979. The number of hydrogen-bond acceptors (Lipinski definition) is 3. The fraction of sp³-hybridized carbons (Fsp3) is 0.286. The Kier molecular flexibility index (Phi) is 18.3. The lowest BCUT2D eigenvalue weighted by atomic mass is 9.59. The summed E-state index contributed by atoms with van der Waals surface area (Å²) in [5, 5.41) is 0. The van der Waals surface area contributed by atoms with Gasteiger partial charge in [0.15, 0.2) is 0 Å². The molecule has 2 aliphatic heterocycles. The molecule has 0 fully saturated rings. The molecule has 129 heavy (non-hydrogen) atoms. The lowest BCUT2D eigenvalue weighted by Crippen LogP contribution is -2.41. The maximum Gasteiger partial charge on any atom is 0.245 e. The van der Waals surface area contributed by atoms with E-state index < -0.39 is 17.0 Å². The smallest absolute Gasteiger partial charge is 0.245 e. The van der Waals surface area contributed by atoms with Gasteiger partial charge in [-0.15, -0.1) is 0 Å². The van der Waals surface area contributed by atoms with Gasteiger partial charge < -0.3 is 14.2 Å². The van der Waals surface area contributed by atoms with Crippen molar-refractivity contribution >= 4 is 0 Å². The highest BCUT2D eigenvalue weighted by molar-refractivity contribution is 5.97. The van der Waals surface area contributed by atoms with Crippen molar-refractivity contribution in [2.24, 2.45) is 0 Å².